The molecule has 2 aromatic carbocycles. The summed E-state index contributed by atoms with van der Waals surface area (Å²) in [5.74, 6) is 0. The maximum absolute atomic E-state index is 11.8. The van der Waals surface area contributed by atoms with E-state index in [9.17, 15) is 5.21 Å². The summed E-state index contributed by atoms with van der Waals surface area (Å²) < 4.78 is 2.52. The number of aromatic nitrogens is 3. The number of benzene rings is 2. The summed E-state index contributed by atoms with van der Waals surface area (Å²) in [6.45, 7) is 0.401. The van der Waals surface area contributed by atoms with Crippen LogP contribution in [0.5, 0.6) is 0 Å². The summed E-state index contributed by atoms with van der Waals surface area (Å²) in [6.07, 6.45) is 3.06. The van der Waals surface area contributed by atoms with Gasteiger partial charge in [-0.25, -0.2) is 14.4 Å². The summed E-state index contributed by atoms with van der Waals surface area (Å²) >= 11 is 0. The number of fused-ring (bicyclic) bond motifs is 1. The predicted octanol–water partition coefficient (Wildman–Crippen LogP) is 2.06. The molecular formula is C15H14N4O. The smallest absolute Gasteiger partial charge is 0.215 e. The zero-order valence-electron chi connectivity index (χ0n) is 11.1. The third-order valence-electron chi connectivity index (χ3n) is 3.24. The molecule has 0 aliphatic heterocycles. The van der Waals surface area contributed by atoms with E-state index >= 15 is 0 Å². The summed E-state index contributed by atoms with van der Waals surface area (Å²) in [5, 5.41) is 18.1. The second-order valence-corrected chi connectivity index (χ2v) is 4.60. The van der Waals surface area contributed by atoms with E-state index in [1.165, 1.54) is 13.4 Å². The SMILES string of the molecule is C[N+]([O-])=C(Cn1cncn1)c1ccc2ccccc2c1. The van der Waals surface area contributed by atoms with Crippen LogP contribution in [0.15, 0.2) is 55.1 Å². The third kappa shape index (κ3) is 2.38. The van der Waals surface area contributed by atoms with Crippen LogP contribution in [0.4, 0.5) is 0 Å². The lowest BCUT2D eigenvalue weighted by Gasteiger charge is -2.09. The van der Waals surface area contributed by atoms with Crippen molar-refractivity contribution < 1.29 is 4.74 Å². The highest BCUT2D eigenvalue weighted by Gasteiger charge is 2.13. The molecule has 0 saturated carbocycles. The van der Waals surface area contributed by atoms with Crippen molar-refractivity contribution in [2.75, 3.05) is 7.05 Å². The Morgan fingerprint density at radius 2 is 2.00 bits per heavy atom. The van der Waals surface area contributed by atoms with Crippen LogP contribution in [-0.4, -0.2) is 32.3 Å². The minimum atomic E-state index is 0.401. The van der Waals surface area contributed by atoms with Gasteiger partial charge in [0.25, 0.3) is 0 Å². The quantitative estimate of drug-likeness (QED) is 0.315. The highest BCUT2D eigenvalue weighted by Crippen LogP contribution is 2.16. The summed E-state index contributed by atoms with van der Waals surface area (Å²) in [4.78, 5) is 3.90. The van der Waals surface area contributed by atoms with E-state index in [2.05, 4.69) is 16.1 Å². The number of rotatable bonds is 3. The molecule has 0 amide bonds. The molecule has 1 aromatic heterocycles. The molecule has 1 heterocycles. The number of hydrogen-bond acceptors (Lipinski definition) is 3. The van der Waals surface area contributed by atoms with E-state index in [-0.39, 0.29) is 0 Å². The van der Waals surface area contributed by atoms with Crippen molar-refractivity contribution in [1.82, 2.24) is 14.8 Å². The Balaban J connectivity index is 2.04. The first kappa shape index (κ1) is 12.3. The molecule has 0 radical (unpaired) electrons. The Bertz CT molecular complexity index is 758. The van der Waals surface area contributed by atoms with Gasteiger partial charge in [0.2, 0.25) is 5.71 Å². The largest absolute Gasteiger partial charge is 0.624 e. The molecule has 0 unspecified atom stereocenters. The molecule has 5 heteroatoms. The predicted molar refractivity (Wildman–Crippen MR) is 77.6 cm³/mol. The standard InChI is InChI=1S/C15H14N4O/c1-18(20)15(9-19-11-16-10-17-19)14-7-6-12-4-2-3-5-13(12)8-14/h2-8,10-11H,9H2,1H3. The van der Waals surface area contributed by atoms with Crippen LogP contribution in [0.1, 0.15) is 5.56 Å². The van der Waals surface area contributed by atoms with Crippen LogP contribution >= 0.6 is 0 Å². The molecule has 0 aliphatic rings. The zero-order valence-corrected chi connectivity index (χ0v) is 11.1. The maximum Gasteiger partial charge on any atom is 0.215 e. The van der Waals surface area contributed by atoms with Crippen molar-refractivity contribution in [2.45, 2.75) is 6.54 Å². The van der Waals surface area contributed by atoms with Gasteiger partial charge in [-0.2, -0.15) is 5.10 Å². The van der Waals surface area contributed by atoms with Crippen LogP contribution in [0.3, 0.4) is 0 Å². The van der Waals surface area contributed by atoms with E-state index in [1.807, 2.05) is 36.4 Å². The van der Waals surface area contributed by atoms with Gasteiger partial charge >= 0.3 is 0 Å². The number of hydroxylamine groups is 1. The lowest BCUT2D eigenvalue weighted by atomic mass is 10.0. The summed E-state index contributed by atoms with van der Waals surface area (Å²) in [5.41, 5.74) is 1.55. The van der Waals surface area contributed by atoms with Crippen LogP contribution in [-0.2, 0) is 6.54 Å². The first-order valence-corrected chi connectivity index (χ1v) is 6.32. The monoisotopic (exact) mass is 266 g/mol. The van der Waals surface area contributed by atoms with E-state index in [1.54, 1.807) is 11.0 Å². The van der Waals surface area contributed by atoms with Gasteiger partial charge < -0.3 is 5.21 Å². The number of hydrogen-bond donors (Lipinski definition) is 0. The van der Waals surface area contributed by atoms with Crippen molar-refractivity contribution in [1.29, 1.82) is 0 Å². The fraction of sp³-hybridized carbons (Fsp3) is 0.133. The van der Waals surface area contributed by atoms with Gasteiger partial charge in [0.1, 0.15) is 26.2 Å². The fourth-order valence-corrected chi connectivity index (χ4v) is 2.21. The van der Waals surface area contributed by atoms with Gasteiger partial charge in [-0.05, 0) is 22.9 Å². The van der Waals surface area contributed by atoms with Crippen molar-refractivity contribution in [3.05, 3.63) is 65.9 Å². The van der Waals surface area contributed by atoms with Crippen molar-refractivity contribution >= 4 is 16.5 Å². The Labute approximate surface area is 116 Å². The topological polar surface area (TPSA) is 56.8 Å². The van der Waals surface area contributed by atoms with Gasteiger partial charge in [-0.1, -0.05) is 30.3 Å². The summed E-state index contributed by atoms with van der Waals surface area (Å²) in [6, 6.07) is 14.1. The van der Waals surface area contributed by atoms with Crippen molar-refractivity contribution in [2.24, 2.45) is 0 Å². The average Bonchev–Trinajstić information content (AvgIpc) is 2.97. The molecule has 0 aliphatic carbocycles. The zero-order chi connectivity index (χ0) is 13.9. The van der Waals surface area contributed by atoms with E-state index in [0.717, 1.165) is 21.1 Å². The van der Waals surface area contributed by atoms with Crippen LogP contribution in [0.25, 0.3) is 10.8 Å². The van der Waals surface area contributed by atoms with E-state index < -0.39 is 0 Å². The first-order valence-electron chi connectivity index (χ1n) is 6.32. The maximum atomic E-state index is 11.8. The van der Waals surface area contributed by atoms with Gasteiger partial charge in [0.05, 0.1) is 0 Å². The molecule has 20 heavy (non-hydrogen) atoms. The minimum Gasteiger partial charge on any atom is -0.624 e. The van der Waals surface area contributed by atoms with Gasteiger partial charge in [-0.3, -0.25) is 0 Å². The molecule has 100 valence electrons. The van der Waals surface area contributed by atoms with Crippen LogP contribution in [0, 0.1) is 5.21 Å². The minimum absolute atomic E-state index is 0.401. The fourth-order valence-electron chi connectivity index (χ4n) is 2.21. The molecule has 0 bridgehead atoms. The molecule has 0 N–H and O–H groups in total. The molecule has 0 spiro atoms. The lowest BCUT2D eigenvalue weighted by molar-refractivity contribution is -0.423. The molecular weight excluding hydrogens is 252 g/mol. The molecule has 0 saturated heterocycles. The van der Waals surface area contributed by atoms with Gasteiger partial charge in [0, 0.05) is 5.56 Å². The van der Waals surface area contributed by atoms with Crippen LogP contribution < -0.4 is 0 Å². The molecule has 3 rings (SSSR count). The Morgan fingerprint density at radius 1 is 1.20 bits per heavy atom. The molecule has 3 aromatic rings. The van der Waals surface area contributed by atoms with Crippen LogP contribution in [0.2, 0.25) is 0 Å². The lowest BCUT2D eigenvalue weighted by Crippen LogP contribution is -2.20. The average molecular weight is 266 g/mol. The van der Waals surface area contributed by atoms with E-state index in [4.69, 9.17) is 0 Å². The third-order valence-corrected chi connectivity index (χ3v) is 3.24. The molecule has 0 fully saturated rings. The molecule has 0 atom stereocenters. The molecule has 5 nitrogen and oxygen atoms in total. The van der Waals surface area contributed by atoms with Gasteiger partial charge in [-0.15, -0.1) is 0 Å². The first-order chi connectivity index (χ1) is 9.74. The highest BCUT2D eigenvalue weighted by molar-refractivity contribution is 6.00. The Kier molecular flexibility index (Phi) is 3.16. The Morgan fingerprint density at radius 3 is 2.70 bits per heavy atom. The van der Waals surface area contributed by atoms with E-state index in [0.29, 0.717) is 12.3 Å². The Hall–Kier alpha value is -2.69. The number of nitrogens with zero attached hydrogens (tertiary/aromatic N) is 4. The van der Waals surface area contributed by atoms with Crippen molar-refractivity contribution in [3.8, 4) is 0 Å². The van der Waals surface area contributed by atoms with Crippen molar-refractivity contribution in [3.63, 3.8) is 0 Å². The highest BCUT2D eigenvalue weighted by atomic mass is 16.5. The van der Waals surface area contributed by atoms with Gasteiger partial charge in [0.15, 0.2) is 0 Å². The normalized spacial score (nSPS) is 12.4. The second kappa shape index (κ2) is 5.13. The summed E-state index contributed by atoms with van der Waals surface area (Å²) in [7, 11) is 1.50. The second-order valence-electron chi connectivity index (χ2n) is 4.60.